The van der Waals surface area contributed by atoms with E-state index in [1.165, 1.54) is 6.26 Å². The maximum atomic E-state index is 12.7. The maximum absolute atomic E-state index is 12.7. The van der Waals surface area contributed by atoms with Gasteiger partial charge in [0.25, 0.3) is 5.91 Å². The lowest BCUT2D eigenvalue weighted by atomic mass is 10.1. The van der Waals surface area contributed by atoms with Crippen molar-refractivity contribution in [2.24, 2.45) is 0 Å². The first kappa shape index (κ1) is 20.6. The molecule has 0 aliphatic rings. The number of aromatic amines is 1. The van der Waals surface area contributed by atoms with Crippen molar-refractivity contribution in [1.29, 1.82) is 0 Å². The zero-order valence-corrected chi connectivity index (χ0v) is 17.8. The number of benzene rings is 1. The maximum Gasteiger partial charge on any atom is 0.349 e. The number of thiophene rings is 1. The fourth-order valence-corrected chi connectivity index (χ4v) is 4.31. The summed E-state index contributed by atoms with van der Waals surface area (Å²) in [6, 6.07) is 10.6. The lowest BCUT2D eigenvalue weighted by Gasteiger charge is -2.04. The fraction of sp³-hybridized carbons (Fsp3) is 0.174. The number of ether oxygens (including phenoxy) is 1. The van der Waals surface area contributed by atoms with Crippen molar-refractivity contribution >= 4 is 44.9 Å². The molecule has 7 nitrogen and oxygen atoms in total. The number of ketones is 1. The Balaban J connectivity index is 1.43. The highest BCUT2D eigenvalue weighted by molar-refractivity contribution is 7.18. The number of rotatable bonds is 7. The Kier molecular flexibility index (Phi) is 5.73. The lowest BCUT2D eigenvalue weighted by Crippen LogP contribution is -2.13. The van der Waals surface area contributed by atoms with E-state index in [9.17, 15) is 14.4 Å². The van der Waals surface area contributed by atoms with Gasteiger partial charge in [-0.15, -0.1) is 11.3 Å². The zero-order valence-electron chi connectivity index (χ0n) is 17.0. The number of carbonyl (C=O) groups is 3. The van der Waals surface area contributed by atoms with E-state index in [1.807, 2.05) is 25.1 Å². The second-order valence-electron chi connectivity index (χ2n) is 6.95. The first-order chi connectivity index (χ1) is 15.0. The second kappa shape index (κ2) is 8.61. The molecule has 31 heavy (non-hydrogen) atoms. The van der Waals surface area contributed by atoms with Crippen LogP contribution >= 0.6 is 11.3 Å². The van der Waals surface area contributed by atoms with E-state index >= 15 is 0 Å². The van der Waals surface area contributed by atoms with Crippen molar-refractivity contribution in [2.75, 3.05) is 11.9 Å². The molecule has 2 N–H and O–H groups in total. The molecule has 1 aromatic carbocycles. The number of H-pyrrole nitrogens is 1. The Morgan fingerprint density at radius 3 is 2.77 bits per heavy atom. The van der Waals surface area contributed by atoms with Crippen molar-refractivity contribution in [3.8, 4) is 0 Å². The molecule has 0 fully saturated rings. The zero-order chi connectivity index (χ0) is 22.0. The molecule has 0 atom stereocenters. The van der Waals surface area contributed by atoms with Crippen molar-refractivity contribution in [3.05, 3.63) is 76.2 Å². The largest absolute Gasteiger partial charge is 0.459 e. The van der Waals surface area contributed by atoms with Crippen LogP contribution in [-0.2, 0) is 11.2 Å². The van der Waals surface area contributed by atoms with Gasteiger partial charge in [0.15, 0.2) is 12.4 Å². The number of para-hydroxylation sites is 1. The number of fused-ring (bicyclic) bond motifs is 1. The van der Waals surface area contributed by atoms with Crippen LogP contribution in [0.15, 0.2) is 53.3 Å². The standard InChI is InChI=1S/C23H20N2O5S/c1-3-14-6-4-7-15-16(11-24-20(14)15)17(26)12-30-23(28)21-13(2)10-19(31-21)25-22(27)18-8-5-9-29-18/h4-11,24H,3,12H2,1-2H3,(H,25,27). The van der Waals surface area contributed by atoms with E-state index in [-0.39, 0.29) is 18.2 Å². The van der Waals surface area contributed by atoms with E-state index in [0.29, 0.717) is 21.0 Å². The Bertz CT molecular complexity index is 1270. The Morgan fingerprint density at radius 2 is 2.03 bits per heavy atom. The highest BCUT2D eigenvalue weighted by Gasteiger charge is 2.20. The second-order valence-corrected chi connectivity index (χ2v) is 8.00. The number of hydrogen-bond acceptors (Lipinski definition) is 6. The molecule has 3 aromatic heterocycles. The van der Waals surface area contributed by atoms with Gasteiger partial charge in [0.2, 0.25) is 5.78 Å². The minimum Gasteiger partial charge on any atom is -0.459 e. The summed E-state index contributed by atoms with van der Waals surface area (Å²) >= 11 is 1.08. The molecular weight excluding hydrogens is 416 g/mol. The number of anilines is 1. The van der Waals surface area contributed by atoms with Crippen molar-refractivity contribution in [1.82, 2.24) is 4.98 Å². The number of aryl methyl sites for hydroxylation is 2. The van der Waals surface area contributed by atoms with Gasteiger partial charge in [-0.3, -0.25) is 9.59 Å². The summed E-state index contributed by atoms with van der Waals surface area (Å²) in [7, 11) is 0. The quantitative estimate of drug-likeness (QED) is 0.314. The molecule has 0 unspecified atom stereocenters. The fourth-order valence-electron chi connectivity index (χ4n) is 3.34. The molecule has 0 aliphatic carbocycles. The SMILES string of the molecule is CCc1cccc2c(C(=O)COC(=O)c3sc(NC(=O)c4ccco4)cc3C)c[nH]c12. The molecule has 8 heteroatoms. The van der Waals surface area contributed by atoms with Gasteiger partial charge < -0.3 is 19.5 Å². The number of esters is 1. The Hall–Kier alpha value is -3.65. The number of hydrogen-bond donors (Lipinski definition) is 2. The van der Waals surface area contributed by atoms with Gasteiger partial charge >= 0.3 is 5.97 Å². The third kappa shape index (κ3) is 4.15. The predicted molar refractivity (Wildman–Crippen MR) is 118 cm³/mol. The molecule has 158 valence electrons. The van der Waals surface area contributed by atoms with Crippen LogP contribution in [0.1, 0.15) is 48.6 Å². The topological polar surface area (TPSA) is 101 Å². The van der Waals surface area contributed by atoms with Crippen molar-refractivity contribution in [3.63, 3.8) is 0 Å². The Morgan fingerprint density at radius 1 is 1.19 bits per heavy atom. The predicted octanol–water partition coefficient (Wildman–Crippen LogP) is 4.99. The van der Waals surface area contributed by atoms with Crippen molar-refractivity contribution < 1.29 is 23.5 Å². The molecule has 0 radical (unpaired) electrons. The number of furan rings is 1. The number of amides is 1. The van der Waals surface area contributed by atoms with E-state index in [2.05, 4.69) is 10.3 Å². The average molecular weight is 436 g/mol. The van der Waals surface area contributed by atoms with Gasteiger partial charge in [0.05, 0.1) is 11.3 Å². The minimum absolute atomic E-state index is 0.172. The van der Waals surface area contributed by atoms with Crippen LogP contribution in [0.4, 0.5) is 5.00 Å². The molecule has 0 bridgehead atoms. The lowest BCUT2D eigenvalue weighted by molar-refractivity contribution is 0.0479. The first-order valence-electron chi connectivity index (χ1n) is 9.72. The molecule has 4 rings (SSSR count). The molecule has 4 aromatic rings. The van der Waals surface area contributed by atoms with Crippen LogP contribution in [0.5, 0.6) is 0 Å². The molecule has 0 spiro atoms. The summed E-state index contributed by atoms with van der Waals surface area (Å²) in [6.45, 7) is 3.42. The third-order valence-electron chi connectivity index (χ3n) is 4.90. The van der Waals surface area contributed by atoms with Gasteiger partial charge in [0, 0.05) is 22.7 Å². The number of carbonyl (C=O) groups excluding carboxylic acids is 3. The summed E-state index contributed by atoms with van der Waals surface area (Å²) < 4.78 is 10.3. The van der Waals surface area contributed by atoms with Crippen LogP contribution in [0.25, 0.3) is 10.9 Å². The number of nitrogens with one attached hydrogen (secondary N) is 2. The van der Waals surface area contributed by atoms with E-state index in [1.54, 1.807) is 31.3 Å². The molecular formula is C23H20N2O5S. The average Bonchev–Trinajstić information content (AvgIpc) is 3.51. The highest BCUT2D eigenvalue weighted by Crippen LogP contribution is 2.28. The van der Waals surface area contributed by atoms with E-state index in [0.717, 1.165) is 34.2 Å². The smallest absolute Gasteiger partial charge is 0.349 e. The minimum atomic E-state index is -0.608. The molecule has 0 saturated heterocycles. The normalized spacial score (nSPS) is 10.9. The summed E-state index contributed by atoms with van der Waals surface area (Å²) in [5.74, 6) is -1.13. The summed E-state index contributed by atoms with van der Waals surface area (Å²) in [6.07, 6.45) is 3.90. The molecule has 0 saturated carbocycles. The monoisotopic (exact) mass is 436 g/mol. The number of aromatic nitrogens is 1. The van der Waals surface area contributed by atoms with Gasteiger partial charge in [-0.2, -0.15) is 0 Å². The molecule has 3 heterocycles. The summed E-state index contributed by atoms with van der Waals surface area (Å²) in [4.78, 5) is 40.8. The van der Waals surface area contributed by atoms with Crippen LogP contribution in [0.2, 0.25) is 0 Å². The van der Waals surface area contributed by atoms with Gasteiger partial charge in [-0.05, 0) is 42.7 Å². The molecule has 0 aliphatic heterocycles. The van der Waals surface area contributed by atoms with Crippen LogP contribution in [0, 0.1) is 6.92 Å². The Labute approximate surface area is 182 Å². The van der Waals surface area contributed by atoms with Crippen molar-refractivity contribution in [2.45, 2.75) is 20.3 Å². The van der Waals surface area contributed by atoms with Crippen LogP contribution < -0.4 is 5.32 Å². The third-order valence-corrected chi connectivity index (χ3v) is 6.03. The van der Waals surface area contributed by atoms with E-state index < -0.39 is 11.9 Å². The number of Topliss-reactive ketones (excluding diaryl/α,β-unsaturated/α-hetero) is 1. The summed E-state index contributed by atoms with van der Waals surface area (Å²) in [5, 5.41) is 3.99. The van der Waals surface area contributed by atoms with E-state index in [4.69, 9.17) is 9.15 Å². The van der Waals surface area contributed by atoms with Gasteiger partial charge in [-0.1, -0.05) is 25.1 Å². The summed E-state index contributed by atoms with van der Waals surface area (Å²) in [5.41, 5.74) is 3.18. The first-order valence-corrected chi connectivity index (χ1v) is 10.5. The molecule has 1 amide bonds. The van der Waals surface area contributed by atoms with Gasteiger partial charge in [-0.25, -0.2) is 4.79 Å². The highest BCUT2D eigenvalue weighted by atomic mass is 32.1. The van der Waals surface area contributed by atoms with Gasteiger partial charge in [0.1, 0.15) is 4.88 Å². The van der Waals surface area contributed by atoms with Crippen LogP contribution in [0.3, 0.4) is 0 Å². The van der Waals surface area contributed by atoms with Crippen LogP contribution in [-0.4, -0.2) is 29.3 Å².